The molecule has 1 fully saturated rings. The number of hydrogen-bond donors (Lipinski definition) is 2. The van der Waals surface area contributed by atoms with Gasteiger partial charge in [0.1, 0.15) is 11.0 Å². The van der Waals surface area contributed by atoms with Gasteiger partial charge in [-0.15, -0.1) is 0 Å². The van der Waals surface area contributed by atoms with Gasteiger partial charge in [-0.2, -0.15) is 0 Å². The van der Waals surface area contributed by atoms with Crippen molar-refractivity contribution in [1.82, 2.24) is 10.3 Å². The number of hydrogen-bond acceptors (Lipinski definition) is 5. The van der Waals surface area contributed by atoms with E-state index in [2.05, 4.69) is 10.3 Å². The molecule has 0 amide bonds. The molecule has 6 heteroatoms. The molecule has 0 spiro atoms. The molecule has 5 nitrogen and oxygen atoms in total. The molecule has 3 rings (SSSR count). The van der Waals surface area contributed by atoms with Crippen molar-refractivity contribution in [3.8, 4) is 0 Å². The Morgan fingerprint density at radius 1 is 1.32 bits per heavy atom. The second-order valence-electron chi connectivity index (χ2n) is 7.27. The number of nitrogens with two attached hydrogens (primary N) is 1. The van der Waals surface area contributed by atoms with Gasteiger partial charge in [0.15, 0.2) is 5.60 Å². The molecule has 3 N–H and O–H groups in total. The second kappa shape index (κ2) is 9.26. The largest absolute Gasteiger partial charge is 0.450 e. The van der Waals surface area contributed by atoms with Crippen LogP contribution in [-0.4, -0.2) is 34.6 Å². The van der Waals surface area contributed by atoms with E-state index < -0.39 is 17.6 Å². The van der Waals surface area contributed by atoms with Crippen LogP contribution in [0.5, 0.6) is 0 Å². The summed E-state index contributed by atoms with van der Waals surface area (Å²) in [7, 11) is 1.77. The van der Waals surface area contributed by atoms with Crippen molar-refractivity contribution in [2.45, 2.75) is 49.7 Å². The number of aromatic nitrogens is 1. The Labute approximate surface area is 171 Å². The molecule has 28 heavy (non-hydrogen) atoms. The molecule has 1 aliphatic carbocycles. The number of likely N-dealkylation sites (N-methyl/N-ethyl adjacent to an activating group) is 1. The van der Waals surface area contributed by atoms with E-state index >= 15 is 0 Å². The van der Waals surface area contributed by atoms with Crippen molar-refractivity contribution in [2.24, 2.45) is 5.73 Å². The second-order valence-corrected chi connectivity index (χ2v) is 7.68. The van der Waals surface area contributed by atoms with E-state index in [0.29, 0.717) is 17.8 Å². The number of carbonyl (C=O) groups excluding carboxylic acids is 1. The molecule has 1 aromatic carbocycles. The van der Waals surface area contributed by atoms with Crippen LogP contribution in [0.3, 0.4) is 0 Å². The summed E-state index contributed by atoms with van der Waals surface area (Å²) in [6.45, 7) is 0. The SMILES string of the molecule is CNC(=S)C1(OC(=O)C(N)Cc2ccccc2)CCCCC1c1cccnc1. The lowest BCUT2D eigenvalue weighted by Gasteiger charge is -2.44. The molecule has 0 radical (unpaired) electrons. The summed E-state index contributed by atoms with van der Waals surface area (Å²) < 4.78 is 6.14. The van der Waals surface area contributed by atoms with E-state index in [1.54, 1.807) is 13.2 Å². The first-order chi connectivity index (χ1) is 13.6. The molecule has 1 saturated carbocycles. The molecule has 0 bridgehead atoms. The van der Waals surface area contributed by atoms with Gasteiger partial charge in [0.05, 0.1) is 0 Å². The van der Waals surface area contributed by atoms with E-state index in [4.69, 9.17) is 22.7 Å². The van der Waals surface area contributed by atoms with Crippen LogP contribution in [0, 0.1) is 0 Å². The number of carbonyl (C=O) groups is 1. The Kier molecular flexibility index (Phi) is 6.75. The van der Waals surface area contributed by atoms with Gasteiger partial charge in [-0.05, 0) is 42.9 Å². The maximum atomic E-state index is 13.0. The minimum Gasteiger partial charge on any atom is -0.450 e. The molecule has 2 aromatic rings. The minimum atomic E-state index is -0.892. The fourth-order valence-electron chi connectivity index (χ4n) is 4.02. The standard InChI is InChI=1S/C22H27N3O2S/c1-24-21(28)22(12-6-5-11-18(22)17-10-7-13-25-15-17)27-20(26)19(23)14-16-8-3-2-4-9-16/h2-4,7-10,13,15,18-19H,5-6,11-12,14,23H2,1H3,(H,24,28). The molecule has 0 saturated heterocycles. The van der Waals surface area contributed by atoms with Gasteiger partial charge in [-0.25, -0.2) is 0 Å². The molecule has 1 aliphatic rings. The predicted molar refractivity (Wildman–Crippen MR) is 114 cm³/mol. The van der Waals surface area contributed by atoms with Crippen LogP contribution in [-0.2, 0) is 16.0 Å². The highest BCUT2D eigenvalue weighted by Gasteiger charge is 2.49. The molecule has 148 valence electrons. The van der Waals surface area contributed by atoms with Crippen LogP contribution < -0.4 is 11.1 Å². The molecular weight excluding hydrogens is 370 g/mol. The summed E-state index contributed by atoms with van der Waals surface area (Å²) in [6.07, 6.45) is 7.57. The average Bonchev–Trinajstić information content (AvgIpc) is 2.74. The average molecular weight is 398 g/mol. The summed E-state index contributed by atoms with van der Waals surface area (Å²) in [5.74, 6) is -0.458. The summed E-state index contributed by atoms with van der Waals surface area (Å²) in [5.41, 5.74) is 7.34. The first-order valence-corrected chi connectivity index (χ1v) is 10.1. The third-order valence-electron chi connectivity index (χ3n) is 5.44. The number of thiocarbonyl (C=S) groups is 1. The number of pyridine rings is 1. The highest BCUT2D eigenvalue weighted by atomic mass is 32.1. The van der Waals surface area contributed by atoms with Gasteiger partial charge in [-0.3, -0.25) is 9.78 Å². The first kappa shape index (κ1) is 20.4. The van der Waals surface area contributed by atoms with E-state index in [9.17, 15) is 4.79 Å². The summed E-state index contributed by atoms with van der Waals surface area (Å²) in [4.78, 5) is 17.8. The van der Waals surface area contributed by atoms with Crippen molar-refractivity contribution in [2.75, 3.05) is 7.05 Å². The van der Waals surface area contributed by atoms with Gasteiger partial charge in [-0.1, -0.05) is 55.0 Å². The Morgan fingerprint density at radius 2 is 2.11 bits per heavy atom. The van der Waals surface area contributed by atoms with Crippen molar-refractivity contribution in [3.05, 3.63) is 66.0 Å². The summed E-state index contributed by atoms with van der Waals surface area (Å²) in [6, 6.07) is 12.9. The van der Waals surface area contributed by atoms with Gasteiger partial charge >= 0.3 is 5.97 Å². The van der Waals surface area contributed by atoms with Gasteiger partial charge in [0.25, 0.3) is 0 Å². The van der Waals surface area contributed by atoms with Crippen molar-refractivity contribution >= 4 is 23.2 Å². The molecule has 1 aromatic heterocycles. The molecule has 3 unspecified atom stereocenters. The highest BCUT2D eigenvalue weighted by Crippen LogP contribution is 2.44. The van der Waals surface area contributed by atoms with Crippen molar-refractivity contribution < 1.29 is 9.53 Å². The smallest absolute Gasteiger partial charge is 0.324 e. The Bertz CT molecular complexity index is 800. The predicted octanol–water partition coefficient (Wildman–Crippen LogP) is 3.14. The Balaban J connectivity index is 1.85. The van der Waals surface area contributed by atoms with Crippen molar-refractivity contribution in [3.63, 3.8) is 0 Å². The zero-order valence-electron chi connectivity index (χ0n) is 16.1. The summed E-state index contributed by atoms with van der Waals surface area (Å²) >= 11 is 5.65. The van der Waals surface area contributed by atoms with Crippen molar-refractivity contribution in [1.29, 1.82) is 0 Å². The third kappa shape index (κ3) is 4.39. The van der Waals surface area contributed by atoms with Gasteiger partial charge in [0.2, 0.25) is 0 Å². The Morgan fingerprint density at radius 3 is 2.79 bits per heavy atom. The van der Waals surface area contributed by atoms with Crippen LogP contribution in [0.25, 0.3) is 0 Å². The molecular formula is C22H27N3O2S. The van der Waals surface area contributed by atoms with E-state index in [0.717, 1.165) is 30.4 Å². The van der Waals surface area contributed by atoms with Gasteiger partial charge in [0, 0.05) is 25.4 Å². The number of esters is 1. The van der Waals surface area contributed by atoms with E-state index in [1.165, 1.54) is 0 Å². The van der Waals surface area contributed by atoms with Crippen LogP contribution in [0.2, 0.25) is 0 Å². The summed E-state index contributed by atoms with van der Waals surface area (Å²) in [5, 5.41) is 3.06. The van der Waals surface area contributed by atoms with Crippen LogP contribution >= 0.6 is 12.2 Å². The lowest BCUT2D eigenvalue weighted by Crippen LogP contribution is -2.55. The number of ether oxygens (including phenoxy) is 1. The zero-order chi connectivity index (χ0) is 20.0. The molecule has 1 heterocycles. The number of nitrogens with one attached hydrogen (secondary N) is 1. The van der Waals surface area contributed by atoms with Crippen LogP contribution in [0.4, 0.5) is 0 Å². The van der Waals surface area contributed by atoms with E-state index in [-0.39, 0.29) is 5.92 Å². The topological polar surface area (TPSA) is 77.2 Å². The zero-order valence-corrected chi connectivity index (χ0v) is 17.0. The normalized spacial score (nSPS) is 22.9. The lowest BCUT2D eigenvalue weighted by atomic mass is 9.71. The maximum Gasteiger partial charge on any atom is 0.324 e. The highest BCUT2D eigenvalue weighted by molar-refractivity contribution is 7.80. The Hall–Kier alpha value is -2.31. The fraction of sp³-hybridized carbons (Fsp3) is 0.409. The number of benzene rings is 1. The fourth-order valence-corrected chi connectivity index (χ4v) is 4.31. The number of nitrogens with zero attached hydrogens (tertiary/aromatic N) is 1. The minimum absolute atomic E-state index is 0.0391. The monoisotopic (exact) mass is 397 g/mol. The lowest BCUT2D eigenvalue weighted by molar-refractivity contribution is -0.159. The van der Waals surface area contributed by atoms with Crippen LogP contribution in [0.1, 0.15) is 42.7 Å². The van der Waals surface area contributed by atoms with Crippen LogP contribution in [0.15, 0.2) is 54.9 Å². The molecule has 3 atom stereocenters. The molecule has 0 aliphatic heterocycles. The maximum absolute atomic E-state index is 13.0. The van der Waals surface area contributed by atoms with Gasteiger partial charge < -0.3 is 15.8 Å². The first-order valence-electron chi connectivity index (χ1n) is 9.71. The quantitative estimate of drug-likeness (QED) is 0.576. The third-order valence-corrected chi connectivity index (χ3v) is 5.99. The van der Waals surface area contributed by atoms with E-state index in [1.807, 2.05) is 48.7 Å². The number of rotatable bonds is 6.